The van der Waals surface area contributed by atoms with E-state index in [9.17, 15) is 9.59 Å². The molecule has 0 bridgehead atoms. The van der Waals surface area contributed by atoms with Crippen LogP contribution in [0.5, 0.6) is 0 Å². The van der Waals surface area contributed by atoms with Crippen LogP contribution in [0.3, 0.4) is 0 Å². The van der Waals surface area contributed by atoms with E-state index in [0.29, 0.717) is 29.6 Å². The second-order valence-corrected chi connectivity index (χ2v) is 7.09. The molecule has 4 rings (SSSR count). The summed E-state index contributed by atoms with van der Waals surface area (Å²) >= 11 is 1.36. The number of carbonyl (C=O) groups is 2. The van der Waals surface area contributed by atoms with E-state index in [0.717, 1.165) is 13.0 Å². The average Bonchev–Trinajstić information content (AvgIpc) is 3.26. The van der Waals surface area contributed by atoms with Gasteiger partial charge in [0, 0.05) is 44.5 Å². The van der Waals surface area contributed by atoms with Crippen molar-refractivity contribution in [1.82, 2.24) is 24.8 Å². The minimum Gasteiger partial charge on any atom is -0.345 e. The molecule has 24 heavy (non-hydrogen) atoms. The highest BCUT2D eigenvalue weighted by Gasteiger charge is 2.43. The Hall–Kier alpha value is -2.35. The second-order valence-electron chi connectivity index (χ2n) is 6.24. The van der Waals surface area contributed by atoms with Crippen LogP contribution in [0.15, 0.2) is 23.8 Å². The first kappa shape index (κ1) is 15.2. The Morgan fingerprint density at radius 2 is 2.08 bits per heavy atom. The zero-order valence-corrected chi connectivity index (χ0v) is 14.1. The molecule has 0 saturated carbocycles. The predicted molar refractivity (Wildman–Crippen MR) is 88.3 cm³/mol. The molecular weight excluding hydrogens is 326 g/mol. The maximum absolute atomic E-state index is 12.7. The number of piperidine rings is 1. The van der Waals surface area contributed by atoms with Crippen LogP contribution in [-0.2, 0) is 4.79 Å². The Labute approximate surface area is 143 Å². The molecule has 0 aliphatic carbocycles. The number of hydrogen-bond donors (Lipinski definition) is 0. The first-order chi connectivity index (χ1) is 11.6. The molecule has 2 aliphatic heterocycles. The summed E-state index contributed by atoms with van der Waals surface area (Å²) in [6.07, 6.45) is 4.26. The van der Waals surface area contributed by atoms with Crippen LogP contribution in [0.25, 0.3) is 10.8 Å². The quantitative estimate of drug-likeness (QED) is 0.817. The normalized spacial score (nSPS) is 23.5. The van der Waals surface area contributed by atoms with E-state index in [1.165, 1.54) is 11.3 Å². The highest BCUT2D eigenvalue weighted by Crippen LogP contribution is 2.32. The molecule has 0 radical (unpaired) electrons. The summed E-state index contributed by atoms with van der Waals surface area (Å²) in [5.74, 6) is 0.765. The number of thiazole rings is 1. The molecule has 2 amide bonds. The lowest BCUT2D eigenvalue weighted by Gasteiger charge is -2.30. The van der Waals surface area contributed by atoms with Gasteiger partial charge in [-0.2, -0.15) is 0 Å². The zero-order chi connectivity index (χ0) is 16.7. The Bertz CT molecular complexity index is 778. The maximum Gasteiger partial charge on any atom is 0.273 e. The monoisotopic (exact) mass is 343 g/mol. The highest BCUT2D eigenvalue weighted by molar-refractivity contribution is 7.13. The predicted octanol–water partition coefficient (Wildman–Crippen LogP) is 1.15. The van der Waals surface area contributed by atoms with Crippen LogP contribution in [0.4, 0.5) is 0 Å². The summed E-state index contributed by atoms with van der Waals surface area (Å²) in [6.45, 7) is 1.90. The SMILES string of the molecule is CN1CC[C@@H]2CN(C(=O)c3csc(-c4ncccn4)n3)C[C@@H]2C1=O. The van der Waals surface area contributed by atoms with Crippen molar-refractivity contribution in [2.45, 2.75) is 6.42 Å². The third kappa shape index (κ3) is 2.56. The fourth-order valence-corrected chi connectivity index (χ4v) is 4.15. The van der Waals surface area contributed by atoms with Gasteiger partial charge in [0.2, 0.25) is 5.91 Å². The van der Waals surface area contributed by atoms with E-state index in [4.69, 9.17) is 0 Å². The summed E-state index contributed by atoms with van der Waals surface area (Å²) in [6, 6.07) is 1.74. The molecule has 0 unspecified atom stereocenters. The van der Waals surface area contributed by atoms with Gasteiger partial charge in [-0.1, -0.05) is 0 Å². The van der Waals surface area contributed by atoms with E-state index >= 15 is 0 Å². The van der Waals surface area contributed by atoms with Gasteiger partial charge in [-0.3, -0.25) is 9.59 Å². The second kappa shape index (κ2) is 5.94. The van der Waals surface area contributed by atoms with Gasteiger partial charge in [0.15, 0.2) is 10.8 Å². The molecule has 7 nitrogen and oxygen atoms in total. The van der Waals surface area contributed by atoms with Gasteiger partial charge in [0.25, 0.3) is 5.91 Å². The minimum atomic E-state index is -0.113. The fourth-order valence-electron chi connectivity index (χ4n) is 3.41. The van der Waals surface area contributed by atoms with Crippen molar-refractivity contribution < 1.29 is 9.59 Å². The maximum atomic E-state index is 12.7. The summed E-state index contributed by atoms with van der Waals surface area (Å²) in [4.78, 5) is 41.2. The number of nitrogens with zero attached hydrogens (tertiary/aromatic N) is 5. The lowest BCUT2D eigenvalue weighted by molar-refractivity contribution is -0.137. The van der Waals surface area contributed by atoms with Crippen molar-refractivity contribution in [3.8, 4) is 10.8 Å². The fraction of sp³-hybridized carbons (Fsp3) is 0.438. The number of aromatic nitrogens is 3. The molecule has 0 spiro atoms. The van der Waals surface area contributed by atoms with Crippen LogP contribution in [-0.4, -0.2) is 63.2 Å². The summed E-state index contributed by atoms with van der Waals surface area (Å²) in [5, 5.41) is 2.37. The van der Waals surface area contributed by atoms with Crippen LogP contribution >= 0.6 is 11.3 Å². The smallest absolute Gasteiger partial charge is 0.273 e. The molecular formula is C16H17N5O2S. The van der Waals surface area contributed by atoms with E-state index in [1.54, 1.807) is 33.6 Å². The molecule has 4 heterocycles. The van der Waals surface area contributed by atoms with Crippen molar-refractivity contribution >= 4 is 23.2 Å². The van der Waals surface area contributed by atoms with Crippen LogP contribution in [0, 0.1) is 11.8 Å². The lowest BCUT2D eigenvalue weighted by atomic mass is 9.88. The first-order valence-electron chi connectivity index (χ1n) is 7.90. The van der Waals surface area contributed by atoms with Gasteiger partial charge in [-0.05, 0) is 18.4 Å². The van der Waals surface area contributed by atoms with Crippen LogP contribution in [0.2, 0.25) is 0 Å². The molecule has 2 aromatic rings. The molecule has 8 heteroatoms. The molecule has 2 aliphatic rings. The number of hydrogen-bond acceptors (Lipinski definition) is 6. The highest BCUT2D eigenvalue weighted by atomic mass is 32.1. The third-order valence-corrected chi connectivity index (χ3v) is 5.58. The van der Waals surface area contributed by atoms with Gasteiger partial charge in [-0.25, -0.2) is 15.0 Å². The molecule has 2 atom stereocenters. The molecule has 0 aromatic carbocycles. The van der Waals surface area contributed by atoms with Crippen LogP contribution in [0.1, 0.15) is 16.9 Å². The van der Waals surface area contributed by atoms with Crippen molar-refractivity contribution in [3.05, 3.63) is 29.5 Å². The molecule has 2 aromatic heterocycles. The molecule has 124 valence electrons. The topological polar surface area (TPSA) is 79.3 Å². The van der Waals surface area contributed by atoms with Gasteiger partial charge < -0.3 is 9.80 Å². The van der Waals surface area contributed by atoms with E-state index < -0.39 is 0 Å². The third-order valence-electron chi connectivity index (χ3n) is 4.74. The number of fused-ring (bicyclic) bond motifs is 1. The van der Waals surface area contributed by atoms with Crippen LogP contribution < -0.4 is 0 Å². The van der Waals surface area contributed by atoms with Crippen molar-refractivity contribution in [2.24, 2.45) is 11.8 Å². The molecule has 2 fully saturated rings. The van der Waals surface area contributed by atoms with Crippen molar-refractivity contribution in [1.29, 1.82) is 0 Å². The molecule has 0 N–H and O–H groups in total. The molecule has 2 saturated heterocycles. The minimum absolute atomic E-state index is 0.0664. The average molecular weight is 343 g/mol. The zero-order valence-electron chi connectivity index (χ0n) is 13.3. The Morgan fingerprint density at radius 1 is 1.29 bits per heavy atom. The number of carbonyl (C=O) groups excluding carboxylic acids is 2. The number of likely N-dealkylation sites (tertiary alicyclic amines) is 2. The van der Waals surface area contributed by atoms with Gasteiger partial charge in [0.05, 0.1) is 5.92 Å². The van der Waals surface area contributed by atoms with Gasteiger partial charge in [-0.15, -0.1) is 11.3 Å². The standard InChI is InChI=1S/C16H17N5O2S/c1-20-6-3-10-7-21(8-11(10)15(20)22)16(23)12-9-24-14(19-12)13-17-4-2-5-18-13/h2,4-5,9-11H,3,6-8H2,1H3/t10-,11+/m1/s1. The van der Waals surface area contributed by atoms with Crippen molar-refractivity contribution in [2.75, 3.05) is 26.7 Å². The Morgan fingerprint density at radius 3 is 2.88 bits per heavy atom. The Kier molecular flexibility index (Phi) is 3.76. The van der Waals surface area contributed by atoms with E-state index in [2.05, 4.69) is 15.0 Å². The largest absolute Gasteiger partial charge is 0.345 e. The van der Waals surface area contributed by atoms with E-state index in [-0.39, 0.29) is 23.7 Å². The number of rotatable bonds is 2. The van der Waals surface area contributed by atoms with Crippen molar-refractivity contribution in [3.63, 3.8) is 0 Å². The number of amides is 2. The summed E-state index contributed by atoms with van der Waals surface area (Å²) in [5.41, 5.74) is 0.405. The van der Waals surface area contributed by atoms with Gasteiger partial charge >= 0.3 is 0 Å². The first-order valence-corrected chi connectivity index (χ1v) is 8.78. The van der Waals surface area contributed by atoms with E-state index in [1.807, 2.05) is 7.05 Å². The van der Waals surface area contributed by atoms with Gasteiger partial charge in [0.1, 0.15) is 5.69 Å². The summed E-state index contributed by atoms with van der Waals surface area (Å²) < 4.78 is 0. The lowest BCUT2D eigenvalue weighted by Crippen LogP contribution is -2.42. The summed E-state index contributed by atoms with van der Waals surface area (Å²) in [7, 11) is 1.83. The Balaban J connectivity index is 1.51.